The van der Waals surface area contributed by atoms with E-state index in [9.17, 15) is 0 Å². The zero-order valence-corrected chi connectivity index (χ0v) is 13.5. The highest BCUT2D eigenvalue weighted by molar-refractivity contribution is 7.17. The van der Waals surface area contributed by atoms with Crippen LogP contribution in [0.4, 0.5) is 0 Å². The van der Waals surface area contributed by atoms with Crippen molar-refractivity contribution >= 4 is 21.4 Å². The van der Waals surface area contributed by atoms with E-state index in [4.69, 9.17) is 5.73 Å². The van der Waals surface area contributed by atoms with E-state index in [1.54, 1.807) is 0 Å². The fraction of sp³-hybridized carbons (Fsp3) is 0.556. The molecule has 20 heavy (non-hydrogen) atoms. The van der Waals surface area contributed by atoms with Gasteiger partial charge in [0.15, 0.2) is 0 Å². The number of hydrogen-bond acceptors (Lipinski definition) is 2. The molecule has 0 aliphatic heterocycles. The standard InChI is InChI=1S/C18H25NS/c1-12(2)15-8-7-13(3)11-18(15,19)16-6-4-5-14-9-10-20-17(14)16/h4-6,9-10,12-13,15H,7-8,11,19H2,1-3H3. The van der Waals surface area contributed by atoms with Gasteiger partial charge in [-0.25, -0.2) is 0 Å². The first kappa shape index (κ1) is 14.1. The molecule has 3 atom stereocenters. The summed E-state index contributed by atoms with van der Waals surface area (Å²) in [4.78, 5) is 0. The summed E-state index contributed by atoms with van der Waals surface area (Å²) < 4.78 is 1.40. The first-order valence-corrected chi connectivity index (χ1v) is 8.66. The van der Waals surface area contributed by atoms with Gasteiger partial charge in [-0.2, -0.15) is 0 Å². The molecule has 0 bridgehead atoms. The van der Waals surface area contributed by atoms with Gasteiger partial charge < -0.3 is 5.73 Å². The number of hydrogen-bond donors (Lipinski definition) is 1. The lowest BCUT2D eigenvalue weighted by molar-refractivity contribution is 0.110. The van der Waals surface area contributed by atoms with Crippen LogP contribution in [0.15, 0.2) is 29.6 Å². The van der Waals surface area contributed by atoms with Crippen LogP contribution in [0, 0.1) is 17.8 Å². The van der Waals surface area contributed by atoms with Crippen molar-refractivity contribution in [3.05, 3.63) is 35.2 Å². The van der Waals surface area contributed by atoms with Crippen molar-refractivity contribution in [1.29, 1.82) is 0 Å². The number of thiophene rings is 1. The third-order valence-electron chi connectivity index (χ3n) is 5.10. The molecule has 2 N–H and O–H groups in total. The summed E-state index contributed by atoms with van der Waals surface area (Å²) >= 11 is 1.84. The molecule has 2 aromatic rings. The molecule has 3 unspecified atom stereocenters. The number of benzene rings is 1. The van der Waals surface area contributed by atoms with Gasteiger partial charge in [-0.05, 0) is 53.0 Å². The first-order valence-electron chi connectivity index (χ1n) is 7.78. The molecule has 108 valence electrons. The van der Waals surface area contributed by atoms with Crippen molar-refractivity contribution in [2.24, 2.45) is 23.5 Å². The van der Waals surface area contributed by atoms with Crippen molar-refractivity contribution in [2.75, 3.05) is 0 Å². The molecule has 1 fully saturated rings. The molecule has 3 rings (SSSR count). The highest BCUT2D eigenvalue weighted by Crippen LogP contribution is 2.47. The van der Waals surface area contributed by atoms with Crippen LogP contribution in [-0.4, -0.2) is 0 Å². The predicted octanol–water partition coefficient (Wildman–Crippen LogP) is 5.15. The molecular formula is C18H25NS. The van der Waals surface area contributed by atoms with E-state index in [0.717, 1.165) is 12.3 Å². The monoisotopic (exact) mass is 287 g/mol. The highest BCUT2D eigenvalue weighted by atomic mass is 32.1. The van der Waals surface area contributed by atoms with E-state index in [2.05, 4.69) is 50.4 Å². The maximum atomic E-state index is 7.05. The van der Waals surface area contributed by atoms with Gasteiger partial charge >= 0.3 is 0 Å². The SMILES string of the molecule is CC1CCC(C(C)C)C(N)(c2cccc3ccsc23)C1. The summed E-state index contributed by atoms with van der Waals surface area (Å²) in [6.45, 7) is 7.01. The molecule has 1 nitrogen and oxygen atoms in total. The fourth-order valence-corrected chi connectivity index (χ4v) is 5.16. The lowest BCUT2D eigenvalue weighted by Crippen LogP contribution is -2.50. The van der Waals surface area contributed by atoms with E-state index in [0.29, 0.717) is 11.8 Å². The van der Waals surface area contributed by atoms with Crippen LogP contribution in [0.3, 0.4) is 0 Å². The van der Waals surface area contributed by atoms with E-state index < -0.39 is 0 Å². The van der Waals surface area contributed by atoms with Crippen molar-refractivity contribution in [1.82, 2.24) is 0 Å². The predicted molar refractivity (Wildman–Crippen MR) is 89.0 cm³/mol. The van der Waals surface area contributed by atoms with Crippen molar-refractivity contribution < 1.29 is 0 Å². The third kappa shape index (κ3) is 2.19. The first-order chi connectivity index (χ1) is 9.52. The molecular weight excluding hydrogens is 262 g/mol. The zero-order chi connectivity index (χ0) is 14.3. The second-order valence-electron chi connectivity index (χ2n) is 6.92. The molecule has 0 spiro atoms. The van der Waals surface area contributed by atoms with Crippen LogP contribution in [0.25, 0.3) is 10.1 Å². The summed E-state index contributed by atoms with van der Waals surface area (Å²) in [7, 11) is 0. The smallest absolute Gasteiger partial charge is 0.0457 e. The Kier molecular flexibility index (Phi) is 3.64. The molecule has 1 aliphatic carbocycles. The minimum atomic E-state index is -0.157. The van der Waals surface area contributed by atoms with Crippen LogP contribution < -0.4 is 5.73 Å². The fourth-order valence-electron chi connectivity index (χ4n) is 4.15. The quantitative estimate of drug-likeness (QED) is 0.812. The zero-order valence-electron chi connectivity index (χ0n) is 12.7. The Bertz CT molecular complexity index is 600. The van der Waals surface area contributed by atoms with Crippen LogP contribution in [-0.2, 0) is 5.54 Å². The van der Waals surface area contributed by atoms with Crippen molar-refractivity contribution in [3.8, 4) is 0 Å². The van der Waals surface area contributed by atoms with E-state index in [-0.39, 0.29) is 5.54 Å². The molecule has 1 aromatic carbocycles. The van der Waals surface area contributed by atoms with Gasteiger partial charge in [0.1, 0.15) is 0 Å². The number of rotatable bonds is 2. The van der Waals surface area contributed by atoms with Gasteiger partial charge in [0.2, 0.25) is 0 Å². The Morgan fingerprint density at radius 3 is 2.80 bits per heavy atom. The molecule has 0 amide bonds. The average molecular weight is 287 g/mol. The Hall–Kier alpha value is -0.860. The van der Waals surface area contributed by atoms with Gasteiger partial charge in [0, 0.05) is 10.2 Å². The summed E-state index contributed by atoms with van der Waals surface area (Å²) in [5.74, 6) is 1.96. The Balaban J connectivity index is 2.14. The van der Waals surface area contributed by atoms with Crippen LogP contribution in [0.1, 0.15) is 45.6 Å². The van der Waals surface area contributed by atoms with E-state index >= 15 is 0 Å². The molecule has 0 saturated heterocycles. The maximum absolute atomic E-state index is 7.05. The minimum absolute atomic E-state index is 0.157. The van der Waals surface area contributed by atoms with E-state index in [1.807, 2.05) is 11.3 Å². The summed E-state index contributed by atoms with van der Waals surface area (Å²) in [6.07, 6.45) is 3.70. The summed E-state index contributed by atoms with van der Waals surface area (Å²) in [5, 5.41) is 3.53. The molecule has 1 aromatic heterocycles. The van der Waals surface area contributed by atoms with Crippen molar-refractivity contribution in [2.45, 2.75) is 45.6 Å². The number of nitrogens with two attached hydrogens (primary N) is 1. The van der Waals surface area contributed by atoms with E-state index in [1.165, 1.54) is 28.5 Å². The molecule has 1 aliphatic rings. The lowest BCUT2D eigenvalue weighted by Gasteiger charge is -2.46. The van der Waals surface area contributed by atoms with Gasteiger partial charge in [0.05, 0.1) is 0 Å². The highest BCUT2D eigenvalue weighted by Gasteiger charge is 2.43. The molecule has 2 heteroatoms. The molecule has 1 heterocycles. The van der Waals surface area contributed by atoms with Crippen molar-refractivity contribution in [3.63, 3.8) is 0 Å². The largest absolute Gasteiger partial charge is 0.321 e. The Morgan fingerprint density at radius 2 is 2.05 bits per heavy atom. The van der Waals surface area contributed by atoms with Gasteiger partial charge in [-0.1, -0.05) is 45.4 Å². The minimum Gasteiger partial charge on any atom is -0.321 e. The second-order valence-corrected chi connectivity index (χ2v) is 7.84. The average Bonchev–Trinajstić information content (AvgIpc) is 2.85. The maximum Gasteiger partial charge on any atom is 0.0457 e. The third-order valence-corrected chi connectivity index (χ3v) is 6.07. The van der Waals surface area contributed by atoms with Gasteiger partial charge in [0.25, 0.3) is 0 Å². The lowest BCUT2D eigenvalue weighted by atomic mass is 9.62. The van der Waals surface area contributed by atoms with Crippen LogP contribution in [0.2, 0.25) is 0 Å². The van der Waals surface area contributed by atoms with Crippen LogP contribution in [0.5, 0.6) is 0 Å². The summed E-state index contributed by atoms with van der Waals surface area (Å²) in [5.41, 5.74) is 8.28. The van der Waals surface area contributed by atoms with Crippen LogP contribution >= 0.6 is 11.3 Å². The van der Waals surface area contributed by atoms with Gasteiger partial charge in [-0.15, -0.1) is 11.3 Å². The molecule has 1 saturated carbocycles. The molecule has 0 radical (unpaired) electrons. The topological polar surface area (TPSA) is 26.0 Å². The number of fused-ring (bicyclic) bond motifs is 1. The normalized spacial score (nSPS) is 31.1. The second kappa shape index (κ2) is 5.16. The van der Waals surface area contributed by atoms with Gasteiger partial charge in [-0.3, -0.25) is 0 Å². The summed E-state index contributed by atoms with van der Waals surface area (Å²) in [6, 6.07) is 8.86. The Morgan fingerprint density at radius 1 is 1.25 bits per heavy atom. The Labute approximate surface area is 126 Å².